The van der Waals surface area contributed by atoms with Crippen LogP contribution in [0, 0.1) is 11.3 Å². The van der Waals surface area contributed by atoms with Gasteiger partial charge in [0.1, 0.15) is 11.6 Å². The summed E-state index contributed by atoms with van der Waals surface area (Å²) >= 11 is 0. The number of hydrogen-bond acceptors (Lipinski definition) is 5. The number of nitrogens with one attached hydrogen (secondary N) is 2. The number of H-pyrrole nitrogens is 2. The number of ether oxygens (including phenoxy) is 1. The molecule has 0 unspecified atom stereocenters. The molecule has 9 rings (SSSR count). The van der Waals surface area contributed by atoms with Crippen molar-refractivity contribution >= 4 is 58.4 Å². The molecule has 0 aliphatic carbocycles. The molecule has 3 aromatic heterocycles. The molecule has 8 bridgehead atoms. The predicted molar refractivity (Wildman–Crippen MR) is 303 cm³/mol. The van der Waals surface area contributed by atoms with Crippen molar-refractivity contribution in [1.82, 2.24) is 19.9 Å². The molecule has 0 atom stereocenters. The Hall–Kier alpha value is -8.52. The fourth-order valence-electron chi connectivity index (χ4n) is 9.43. The molecule has 7 aromatic rings. The zero-order chi connectivity index (χ0) is 51.3. The van der Waals surface area contributed by atoms with E-state index in [1.165, 1.54) is 34.4 Å². The van der Waals surface area contributed by atoms with Crippen molar-refractivity contribution in [3.8, 4) is 50.6 Å². The first-order valence-electron chi connectivity index (χ1n) is 25.4. The maximum absolute atomic E-state index is 12.4. The van der Waals surface area contributed by atoms with Gasteiger partial charge in [0.2, 0.25) is 0 Å². The maximum Gasteiger partial charge on any atom is 0.348 e. The minimum absolute atomic E-state index is 0.122. The van der Waals surface area contributed by atoms with Crippen LogP contribution in [0.15, 0.2) is 144 Å². The van der Waals surface area contributed by atoms with Gasteiger partial charge < -0.3 is 14.7 Å². The number of allylic oxidation sites excluding steroid dienone is 2. The van der Waals surface area contributed by atoms with Gasteiger partial charge in [0.15, 0.2) is 0 Å². The van der Waals surface area contributed by atoms with Gasteiger partial charge in [-0.1, -0.05) is 164 Å². The Morgan fingerprint density at radius 3 is 1.30 bits per heavy atom. The average molecular weight is 956 g/mol. The van der Waals surface area contributed by atoms with Gasteiger partial charge in [0.05, 0.1) is 34.9 Å². The van der Waals surface area contributed by atoms with Crippen LogP contribution < -0.4 is 0 Å². The Kier molecular flexibility index (Phi) is 14.5. The number of nitrogens with zero attached hydrogens (tertiary/aromatic N) is 3. The highest BCUT2D eigenvalue weighted by Gasteiger charge is 2.21. The quantitative estimate of drug-likeness (QED) is 0.0417. The number of aromatic nitrogens is 4. The first-order valence-corrected chi connectivity index (χ1v) is 25.4. The normalized spacial score (nSPS) is 12.1. The number of nitriles is 1. The summed E-state index contributed by atoms with van der Waals surface area (Å²) in [5.74, 6) is 0.778. The smallest absolute Gasteiger partial charge is 0.348 e. The molecular weight excluding hydrogens is 895 g/mol. The first kappa shape index (κ1) is 49.5. The van der Waals surface area contributed by atoms with E-state index in [0.717, 1.165) is 94.9 Å². The van der Waals surface area contributed by atoms with E-state index >= 15 is 0 Å². The summed E-state index contributed by atoms with van der Waals surface area (Å²) in [6.07, 6.45) is 13.3. The van der Waals surface area contributed by atoms with E-state index in [1.54, 1.807) is 6.92 Å². The van der Waals surface area contributed by atoms with Crippen molar-refractivity contribution in [1.29, 1.82) is 5.26 Å². The lowest BCUT2D eigenvalue weighted by molar-refractivity contribution is -0.138. The van der Waals surface area contributed by atoms with Crippen molar-refractivity contribution in [3.05, 3.63) is 195 Å². The maximum atomic E-state index is 12.4. The summed E-state index contributed by atoms with van der Waals surface area (Å²) in [7, 11) is 0. The SMILES string of the molecule is CCOC(=O)/C(C#N)=C/C=C=C=Cc1cc2[nH]c1c(-c1ccc(C(C)C)cc1)c1nc(c(-c3ccc(C(C)C)cc3)c3ccc([nH]3)c(-c3ccc(C(C)C)cc3)c3nc(c2-c2ccc(C(C)C)cc2)C=C3)C=C1. The van der Waals surface area contributed by atoms with Crippen LogP contribution >= 0.6 is 0 Å². The second-order valence-corrected chi connectivity index (χ2v) is 19.8. The number of rotatable bonds is 12. The summed E-state index contributed by atoms with van der Waals surface area (Å²) in [5.41, 5.74) is 26.7. The van der Waals surface area contributed by atoms with E-state index in [4.69, 9.17) is 14.7 Å². The van der Waals surface area contributed by atoms with Gasteiger partial charge in [-0.3, -0.25) is 0 Å². The molecule has 0 saturated carbocycles. The van der Waals surface area contributed by atoms with Gasteiger partial charge in [-0.25, -0.2) is 14.8 Å². The van der Waals surface area contributed by atoms with Crippen molar-refractivity contribution in [2.75, 3.05) is 6.61 Å². The van der Waals surface area contributed by atoms with Crippen molar-refractivity contribution in [3.63, 3.8) is 0 Å². The van der Waals surface area contributed by atoms with E-state index in [2.05, 4.69) is 216 Å². The third-order valence-electron chi connectivity index (χ3n) is 13.6. The molecule has 7 nitrogen and oxygen atoms in total. The lowest BCUT2D eigenvalue weighted by Gasteiger charge is -2.10. The van der Waals surface area contributed by atoms with E-state index in [0.29, 0.717) is 23.7 Å². The summed E-state index contributed by atoms with van der Waals surface area (Å²) in [6.45, 7) is 19.6. The minimum atomic E-state index is -0.684. The highest BCUT2D eigenvalue weighted by Crippen LogP contribution is 2.40. The Bertz CT molecular complexity index is 3650. The van der Waals surface area contributed by atoms with Crippen LogP contribution in [0.1, 0.15) is 137 Å². The molecule has 0 spiro atoms. The molecule has 2 aliphatic heterocycles. The summed E-state index contributed by atoms with van der Waals surface area (Å²) < 4.78 is 5.07. The molecule has 362 valence electrons. The highest BCUT2D eigenvalue weighted by atomic mass is 16.5. The summed E-state index contributed by atoms with van der Waals surface area (Å²) in [5, 5.41) is 9.68. The lowest BCUT2D eigenvalue weighted by Crippen LogP contribution is -2.05. The predicted octanol–water partition coefficient (Wildman–Crippen LogP) is 17.2. The van der Waals surface area contributed by atoms with Crippen LogP contribution in [0.25, 0.3) is 97.0 Å². The zero-order valence-corrected chi connectivity index (χ0v) is 43.2. The molecular formula is C66H61N5O2. The van der Waals surface area contributed by atoms with E-state index in [1.807, 2.05) is 12.1 Å². The molecule has 2 N–H and O–H groups in total. The van der Waals surface area contributed by atoms with Crippen LogP contribution in [0.5, 0.6) is 0 Å². The van der Waals surface area contributed by atoms with Crippen molar-refractivity contribution in [2.45, 2.75) is 86.0 Å². The third kappa shape index (κ3) is 10.5. The number of esters is 1. The van der Waals surface area contributed by atoms with Gasteiger partial charge in [0.25, 0.3) is 0 Å². The van der Waals surface area contributed by atoms with Gasteiger partial charge >= 0.3 is 5.97 Å². The molecule has 0 fully saturated rings. The number of aromatic amines is 2. The summed E-state index contributed by atoms with van der Waals surface area (Å²) in [4.78, 5) is 31.4. The Labute approximate surface area is 429 Å². The van der Waals surface area contributed by atoms with Crippen LogP contribution in [0.4, 0.5) is 0 Å². The second-order valence-electron chi connectivity index (χ2n) is 19.8. The van der Waals surface area contributed by atoms with Crippen LogP contribution in [-0.4, -0.2) is 32.5 Å². The second kappa shape index (κ2) is 21.5. The number of benzene rings is 4. The van der Waals surface area contributed by atoms with Crippen LogP contribution in [-0.2, 0) is 9.53 Å². The van der Waals surface area contributed by atoms with Gasteiger partial charge in [-0.2, -0.15) is 5.26 Å². The average Bonchev–Trinajstić information content (AvgIpc) is 4.24. The monoisotopic (exact) mass is 955 g/mol. The fraction of sp³-hybridized carbons (Fsp3) is 0.212. The van der Waals surface area contributed by atoms with Gasteiger partial charge in [-0.05, 0) is 136 Å². The molecule has 73 heavy (non-hydrogen) atoms. The fourth-order valence-corrected chi connectivity index (χ4v) is 9.43. The molecule has 0 saturated heterocycles. The minimum Gasteiger partial charge on any atom is -0.462 e. The Balaban J connectivity index is 1.46. The number of carbonyl (C=O) groups is 1. The topological polar surface area (TPSA) is 107 Å². The van der Waals surface area contributed by atoms with Gasteiger partial charge in [-0.15, -0.1) is 0 Å². The molecule has 4 aromatic carbocycles. The van der Waals surface area contributed by atoms with Crippen molar-refractivity contribution in [2.24, 2.45) is 0 Å². The molecule has 7 heteroatoms. The Morgan fingerprint density at radius 1 is 0.534 bits per heavy atom. The van der Waals surface area contributed by atoms with Crippen molar-refractivity contribution < 1.29 is 9.53 Å². The van der Waals surface area contributed by atoms with Crippen LogP contribution in [0.3, 0.4) is 0 Å². The molecule has 0 radical (unpaired) electrons. The molecule has 2 aliphatic rings. The van der Waals surface area contributed by atoms with Crippen LogP contribution in [0.2, 0.25) is 0 Å². The number of fused-ring (bicyclic) bond motifs is 8. The summed E-state index contributed by atoms with van der Waals surface area (Å²) in [6, 6.07) is 43.7. The third-order valence-corrected chi connectivity index (χ3v) is 13.6. The van der Waals surface area contributed by atoms with E-state index < -0.39 is 5.97 Å². The van der Waals surface area contributed by atoms with E-state index in [9.17, 15) is 10.1 Å². The molecule has 5 heterocycles. The first-order chi connectivity index (χ1) is 35.3. The number of carbonyl (C=O) groups excluding carboxylic acids is 1. The largest absolute Gasteiger partial charge is 0.462 e. The zero-order valence-electron chi connectivity index (χ0n) is 43.2. The Morgan fingerprint density at radius 2 is 0.918 bits per heavy atom. The van der Waals surface area contributed by atoms with Gasteiger partial charge in [0, 0.05) is 44.4 Å². The molecule has 0 amide bonds. The highest BCUT2D eigenvalue weighted by molar-refractivity contribution is 6.02. The standard InChI is InChI=1S/C66H61N5O2/c1-10-73-66(72)53(39-67)15-13-11-12-14-52-38-60-63(50-28-20-46(21-29-50)42(6)7)58-35-34-56(69-58)61(48-24-16-44(17-25-48)40(2)3)54-32-33-55(68-54)62(49-26-18-45(19-27-49)41(4)5)57-36-37-59(70-57)64(65(52)71-60)51-30-22-47(23-31-51)43(8)9/h13-38,40-43,68,71H,10H2,1-9H3/b14-13?,53-15+,61-54?,61-56?,62-55?,62-57?,63-58?,63-60?,64-59?,65-64?. The number of hydrogen-bond donors (Lipinski definition) is 2. The van der Waals surface area contributed by atoms with E-state index in [-0.39, 0.29) is 12.2 Å². The lowest BCUT2D eigenvalue weighted by atomic mass is 9.97.